The highest BCUT2D eigenvalue weighted by molar-refractivity contribution is 5.91. The predicted molar refractivity (Wildman–Crippen MR) is 89.7 cm³/mol. The highest BCUT2D eigenvalue weighted by Crippen LogP contribution is 2.07. The zero-order valence-electron chi connectivity index (χ0n) is 12.9. The van der Waals surface area contributed by atoms with Crippen molar-refractivity contribution < 1.29 is 4.79 Å². The summed E-state index contributed by atoms with van der Waals surface area (Å²) in [5, 5.41) is 10.9. The number of nitrogens with one attached hydrogen (secondary N) is 1. The van der Waals surface area contributed by atoms with Crippen molar-refractivity contribution >= 4 is 17.6 Å². The third-order valence-corrected chi connectivity index (χ3v) is 3.62. The summed E-state index contributed by atoms with van der Waals surface area (Å²) in [5.41, 5.74) is 3.05. The number of benzene rings is 1. The van der Waals surface area contributed by atoms with Crippen molar-refractivity contribution in [2.45, 2.75) is 19.9 Å². The monoisotopic (exact) mass is 306 g/mol. The molecule has 5 heteroatoms. The number of hydrogen-bond acceptors (Lipinski definition) is 3. The Labute approximate surface area is 134 Å². The first-order chi connectivity index (χ1) is 11.3. The minimum atomic E-state index is -0.155. The summed E-state index contributed by atoms with van der Waals surface area (Å²) in [7, 11) is 0. The van der Waals surface area contributed by atoms with Gasteiger partial charge in [-0.15, -0.1) is 10.2 Å². The number of aromatic nitrogens is 3. The van der Waals surface area contributed by atoms with E-state index in [-0.39, 0.29) is 5.91 Å². The molecule has 3 rings (SSSR count). The molecule has 0 bridgehead atoms. The summed E-state index contributed by atoms with van der Waals surface area (Å²) in [6.45, 7) is 2.45. The molecule has 0 unspecified atom stereocenters. The summed E-state index contributed by atoms with van der Waals surface area (Å²) in [6, 6.07) is 13.8. The van der Waals surface area contributed by atoms with E-state index in [2.05, 4.69) is 34.6 Å². The molecule has 0 fully saturated rings. The Morgan fingerprint density at radius 1 is 1.17 bits per heavy atom. The highest BCUT2D eigenvalue weighted by atomic mass is 16.1. The molecule has 0 atom stereocenters. The van der Waals surface area contributed by atoms with Crippen LogP contribution >= 0.6 is 0 Å². The zero-order chi connectivity index (χ0) is 16.1. The lowest BCUT2D eigenvalue weighted by molar-refractivity contribution is -0.116. The summed E-state index contributed by atoms with van der Waals surface area (Å²) in [6.07, 6.45) is 6.22. The van der Waals surface area contributed by atoms with Crippen molar-refractivity contribution in [2.75, 3.05) is 0 Å². The molecule has 0 aliphatic rings. The lowest BCUT2D eigenvalue weighted by atomic mass is 10.1. The van der Waals surface area contributed by atoms with Gasteiger partial charge < -0.3 is 5.32 Å². The van der Waals surface area contributed by atoms with Gasteiger partial charge in [-0.3, -0.25) is 9.20 Å². The molecule has 3 aromatic rings. The van der Waals surface area contributed by atoms with Crippen LogP contribution in [0.5, 0.6) is 0 Å². The Kier molecular flexibility index (Phi) is 4.47. The number of aryl methyl sites for hydroxylation is 1. The quantitative estimate of drug-likeness (QED) is 0.737. The molecule has 0 radical (unpaired) electrons. The Morgan fingerprint density at radius 2 is 2.00 bits per heavy atom. The summed E-state index contributed by atoms with van der Waals surface area (Å²) < 4.78 is 1.85. The van der Waals surface area contributed by atoms with Crippen LogP contribution in [0.3, 0.4) is 0 Å². The van der Waals surface area contributed by atoms with Gasteiger partial charge >= 0.3 is 0 Å². The van der Waals surface area contributed by atoms with E-state index in [1.807, 2.05) is 40.9 Å². The molecular weight excluding hydrogens is 288 g/mol. The Morgan fingerprint density at radius 3 is 2.78 bits per heavy atom. The molecule has 0 aliphatic heterocycles. The van der Waals surface area contributed by atoms with E-state index in [1.54, 1.807) is 6.08 Å². The molecule has 0 spiro atoms. The third kappa shape index (κ3) is 3.63. The molecule has 0 aliphatic carbocycles. The molecular formula is C18H18N4O. The van der Waals surface area contributed by atoms with Crippen molar-refractivity contribution in [3.8, 4) is 0 Å². The van der Waals surface area contributed by atoms with Gasteiger partial charge in [0.05, 0.1) is 6.54 Å². The fourth-order valence-electron chi connectivity index (χ4n) is 2.27. The molecule has 0 saturated heterocycles. The Hall–Kier alpha value is -2.95. The fraction of sp³-hybridized carbons (Fsp3) is 0.167. The SMILES string of the molecule is CCc1ccc(/C=C/C(=O)NCc2nnc3ccccn23)cc1. The van der Waals surface area contributed by atoms with Gasteiger partial charge in [-0.1, -0.05) is 37.3 Å². The van der Waals surface area contributed by atoms with Crippen molar-refractivity contribution in [1.82, 2.24) is 19.9 Å². The van der Waals surface area contributed by atoms with E-state index in [0.29, 0.717) is 12.4 Å². The van der Waals surface area contributed by atoms with Gasteiger partial charge in [0, 0.05) is 12.3 Å². The Balaban J connectivity index is 1.59. The zero-order valence-corrected chi connectivity index (χ0v) is 12.9. The average molecular weight is 306 g/mol. The van der Waals surface area contributed by atoms with Crippen LogP contribution in [0.1, 0.15) is 23.9 Å². The maximum atomic E-state index is 11.9. The number of hydrogen-bond donors (Lipinski definition) is 1. The van der Waals surface area contributed by atoms with E-state index < -0.39 is 0 Å². The number of carbonyl (C=O) groups is 1. The van der Waals surface area contributed by atoms with Crippen LogP contribution in [-0.2, 0) is 17.8 Å². The van der Waals surface area contributed by atoms with Crippen LogP contribution in [0.25, 0.3) is 11.7 Å². The first-order valence-corrected chi connectivity index (χ1v) is 7.60. The van der Waals surface area contributed by atoms with E-state index in [9.17, 15) is 4.79 Å². The number of carbonyl (C=O) groups excluding carboxylic acids is 1. The van der Waals surface area contributed by atoms with Crippen molar-refractivity contribution in [3.63, 3.8) is 0 Å². The van der Waals surface area contributed by atoms with Crippen molar-refractivity contribution in [3.05, 3.63) is 71.7 Å². The van der Waals surface area contributed by atoms with E-state index in [1.165, 1.54) is 11.6 Å². The van der Waals surface area contributed by atoms with Crippen LogP contribution in [0.2, 0.25) is 0 Å². The van der Waals surface area contributed by atoms with Gasteiger partial charge in [-0.05, 0) is 35.8 Å². The highest BCUT2D eigenvalue weighted by Gasteiger charge is 2.05. The van der Waals surface area contributed by atoms with Gasteiger partial charge in [0.2, 0.25) is 5.91 Å². The Bertz CT molecular complexity index is 834. The first-order valence-electron chi connectivity index (χ1n) is 7.60. The van der Waals surface area contributed by atoms with Crippen LogP contribution in [0, 0.1) is 0 Å². The van der Waals surface area contributed by atoms with Crippen molar-refractivity contribution in [2.24, 2.45) is 0 Å². The summed E-state index contributed by atoms with van der Waals surface area (Å²) >= 11 is 0. The summed E-state index contributed by atoms with van der Waals surface area (Å²) in [5.74, 6) is 0.548. The minimum Gasteiger partial charge on any atom is -0.345 e. The third-order valence-electron chi connectivity index (χ3n) is 3.62. The van der Waals surface area contributed by atoms with Gasteiger partial charge in [0.25, 0.3) is 0 Å². The molecule has 23 heavy (non-hydrogen) atoms. The second kappa shape index (κ2) is 6.87. The number of fused-ring (bicyclic) bond motifs is 1. The standard InChI is InChI=1S/C18H18N4O/c1-2-14-6-8-15(9-7-14)10-11-18(23)19-13-17-21-20-16-5-3-4-12-22(16)17/h3-12H,2,13H2,1H3,(H,19,23)/b11-10+. The van der Waals surface area contributed by atoms with Crippen LogP contribution < -0.4 is 5.32 Å². The smallest absolute Gasteiger partial charge is 0.244 e. The maximum absolute atomic E-state index is 11.9. The number of rotatable bonds is 5. The topological polar surface area (TPSA) is 59.3 Å². The van der Waals surface area contributed by atoms with Crippen LogP contribution in [0.15, 0.2) is 54.7 Å². The fourth-order valence-corrected chi connectivity index (χ4v) is 2.27. The largest absolute Gasteiger partial charge is 0.345 e. The number of pyridine rings is 1. The van der Waals surface area contributed by atoms with Crippen molar-refractivity contribution in [1.29, 1.82) is 0 Å². The molecule has 2 aromatic heterocycles. The summed E-state index contributed by atoms with van der Waals surface area (Å²) in [4.78, 5) is 11.9. The number of nitrogens with zero attached hydrogens (tertiary/aromatic N) is 3. The first kappa shape index (κ1) is 15.0. The van der Waals surface area contributed by atoms with Crippen LogP contribution in [-0.4, -0.2) is 20.5 Å². The molecule has 1 aromatic carbocycles. The van der Waals surface area contributed by atoms with Gasteiger partial charge in [-0.25, -0.2) is 0 Å². The molecule has 0 saturated carbocycles. The van der Waals surface area contributed by atoms with E-state index in [4.69, 9.17) is 0 Å². The lowest BCUT2D eigenvalue weighted by Gasteiger charge is -2.01. The maximum Gasteiger partial charge on any atom is 0.244 e. The minimum absolute atomic E-state index is 0.155. The number of amides is 1. The van der Waals surface area contributed by atoms with Crippen LogP contribution in [0.4, 0.5) is 0 Å². The van der Waals surface area contributed by atoms with Gasteiger partial charge in [0.15, 0.2) is 11.5 Å². The molecule has 2 heterocycles. The van der Waals surface area contributed by atoms with Gasteiger partial charge in [0.1, 0.15) is 0 Å². The average Bonchev–Trinajstić information content (AvgIpc) is 3.02. The lowest BCUT2D eigenvalue weighted by Crippen LogP contribution is -2.21. The van der Waals surface area contributed by atoms with E-state index in [0.717, 1.165) is 17.6 Å². The molecule has 1 N–H and O–H groups in total. The molecule has 5 nitrogen and oxygen atoms in total. The second-order valence-electron chi connectivity index (χ2n) is 5.19. The molecule has 1 amide bonds. The van der Waals surface area contributed by atoms with Gasteiger partial charge in [-0.2, -0.15) is 0 Å². The predicted octanol–water partition coefficient (Wildman–Crippen LogP) is 2.62. The van der Waals surface area contributed by atoms with E-state index >= 15 is 0 Å². The normalized spacial score (nSPS) is 11.2. The molecule has 116 valence electrons. The second-order valence-corrected chi connectivity index (χ2v) is 5.19.